The lowest BCUT2D eigenvalue weighted by Crippen LogP contribution is -2.53. The Balaban J connectivity index is 1.67. The molecule has 1 aromatic rings. The van der Waals surface area contributed by atoms with Gasteiger partial charge in [-0.2, -0.15) is 0 Å². The van der Waals surface area contributed by atoms with E-state index in [0.29, 0.717) is 18.1 Å². The zero-order valence-corrected chi connectivity index (χ0v) is 17.8. The van der Waals surface area contributed by atoms with Crippen molar-refractivity contribution in [3.63, 3.8) is 0 Å². The van der Waals surface area contributed by atoms with Crippen molar-refractivity contribution in [3.05, 3.63) is 45.9 Å². The molecule has 1 amide bonds. The number of halogens is 3. The number of aliphatic hydroxyl groups excluding tert-OH is 1. The fourth-order valence-corrected chi connectivity index (χ4v) is 4.74. The second-order valence-electron chi connectivity index (χ2n) is 8.17. The van der Waals surface area contributed by atoms with Crippen molar-refractivity contribution in [1.82, 2.24) is 15.5 Å². The highest BCUT2D eigenvalue weighted by atomic mass is 35.5. The van der Waals surface area contributed by atoms with Crippen LogP contribution in [0.25, 0.3) is 0 Å². The van der Waals surface area contributed by atoms with Gasteiger partial charge in [0.05, 0.1) is 17.1 Å². The van der Waals surface area contributed by atoms with Crippen molar-refractivity contribution < 1.29 is 23.8 Å². The van der Waals surface area contributed by atoms with Gasteiger partial charge in [-0.1, -0.05) is 18.5 Å². The number of nitrogens with one attached hydrogen (secondary N) is 2. The average Bonchev–Trinajstić information content (AvgIpc) is 3.00. The maximum absolute atomic E-state index is 15.8. The summed E-state index contributed by atoms with van der Waals surface area (Å²) in [6, 6.07) is 2.34. The van der Waals surface area contributed by atoms with E-state index in [9.17, 15) is 15.0 Å². The number of piperidine rings is 1. The summed E-state index contributed by atoms with van der Waals surface area (Å²) in [7, 11) is 0. The molecule has 0 bridgehead atoms. The molecule has 31 heavy (non-hydrogen) atoms. The first-order chi connectivity index (χ1) is 14.7. The van der Waals surface area contributed by atoms with E-state index in [1.807, 2.05) is 0 Å². The molecular formula is C21H25ClF2N4O3. The minimum atomic E-state index is -1.96. The number of benzene rings is 1. The summed E-state index contributed by atoms with van der Waals surface area (Å²) in [4.78, 5) is 18.2. The number of aliphatic imine (C=N–C) groups is 1. The van der Waals surface area contributed by atoms with Crippen LogP contribution in [-0.4, -0.2) is 58.7 Å². The van der Waals surface area contributed by atoms with Crippen LogP contribution in [0.3, 0.4) is 0 Å². The molecule has 2 unspecified atom stereocenters. The van der Waals surface area contributed by atoms with Crippen molar-refractivity contribution >= 4 is 23.7 Å². The van der Waals surface area contributed by atoms with E-state index in [0.717, 1.165) is 11.0 Å². The molecule has 3 heterocycles. The van der Waals surface area contributed by atoms with Crippen LogP contribution in [-0.2, 0) is 5.60 Å². The van der Waals surface area contributed by atoms with Gasteiger partial charge in [0.15, 0.2) is 6.23 Å². The van der Waals surface area contributed by atoms with E-state index in [-0.39, 0.29) is 42.5 Å². The lowest BCUT2D eigenvalue weighted by Gasteiger charge is -2.44. The first kappa shape index (κ1) is 22.1. The first-order valence-electron chi connectivity index (χ1n) is 10.3. The molecule has 0 radical (unpaired) electrons. The lowest BCUT2D eigenvalue weighted by molar-refractivity contribution is -0.127. The SMILES string of the molecule is CCC(O)(c1cc(F)c2c(c1)C(=O)N(CC1N=CC(Cl)=CN1)[C@@H]2O)C1(F)CCNCC1. The van der Waals surface area contributed by atoms with E-state index >= 15 is 8.78 Å². The molecule has 10 heteroatoms. The topological polar surface area (TPSA) is 97.2 Å². The monoisotopic (exact) mass is 454 g/mol. The average molecular weight is 455 g/mol. The van der Waals surface area contributed by atoms with Crippen molar-refractivity contribution in [1.29, 1.82) is 0 Å². The number of carbonyl (C=O) groups excluding carboxylic acids is 1. The van der Waals surface area contributed by atoms with Crippen molar-refractivity contribution in [2.24, 2.45) is 4.99 Å². The Morgan fingerprint density at radius 2 is 2.10 bits per heavy atom. The second kappa shape index (κ2) is 8.12. The molecule has 0 saturated carbocycles. The largest absolute Gasteiger partial charge is 0.382 e. The zero-order valence-electron chi connectivity index (χ0n) is 17.0. The minimum absolute atomic E-state index is 0.00146. The first-order valence-corrected chi connectivity index (χ1v) is 10.7. The van der Waals surface area contributed by atoms with Gasteiger partial charge in [0.1, 0.15) is 23.3 Å². The van der Waals surface area contributed by atoms with Crippen molar-refractivity contribution in [2.75, 3.05) is 19.6 Å². The maximum Gasteiger partial charge on any atom is 0.256 e. The van der Waals surface area contributed by atoms with E-state index in [1.165, 1.54) is 18.5 Å². The number of aliphatic hydroxyl groups is 2. The highest BCUT2D eigenvalue weighted by Gasteiger charge is 2.52. The second-order valence-corrected chi connectivity index (χ2v) is 8.61. The summed E-state index contributed by atoms with van der Waals surface area (Å²) in [6.45, 7) is 2.39. The summed E-state index contributed by atoms with van der Waals surface area (Å²) < 4.78 is 30.9. The van der Waals surface area contributed by atoms with E-state index < -0.39 is 35.4 Å². The Kier molecular flexibility index (Phi) is 5.80. The van der Waals surface area contributed by atoms with Crippen LogP contribution in [0.5, 0.6) is 0 Å². The Labute approximate surface area is 183 Å². The molecule has 1 saturated heterocycles. The third-order valence-electron chi connectivity index (χ3n) is 6.46. The zero-order chi connectivity index (χ0) is 22.4. The normalized spacial score (nSPS) is 26.8. The molecule has 3 aliphatic rings. The Morgan fingerprint density at radius 3 is 2.71 bits per heavy atom. The van der Waals surface area contributed by atoms with Gasteiger partial charge < -0.3 is 25.7 Å². The van der Waals surface area contributed by atoms with Gasteiger partial charge in [0, 0.05) is 18.0 Å². The number of allylic oxidation sites excluding steroid dienone is 1. The quantitative estimate of drug-likeness (QED) is 0.546. The minimum Gasteiger partial charge on any atom is -0.382 e. The summed E-state index contributed by atoms with van der Waals surface area (Å²) in [5, 5.41) is 28.3. The highest BCUT2D eigenvalue weighted by Crippen LogP contribution is 2.46. The third-order valence-corrected chi connectivity index (χ3v) is 6.67. The number of hydrogen-bond acceptors (Lipinski definition) is 6. The number of fused-ring (bicyclic) bond motifs is 1. The van der Waals surface area contributed by atoms with Crippen molar-refractivity contribution in [2.45, 2.75) is 49.8 Å². The van der Waals surface area contributed by atoms with Gasteiger partial charge in [-0.15, -0.1) is 0 Å². The Morgan fingerprint density at radius 1 is 1.39 bits per heavy atom. The molecule has 3 aliphatic heterocycles. The molecule has 168 valence electrons. The number of alkyl halides is 1. The summed E-state index contributed by atoms with van der Waals surface area (Å²) in [5.41, 5.74) is -4.18. The fourth-order valence-electron chi connectivity index (χ4n) is 4.62. The highest BCUT2D eigenvalue weighted by molar-refractivity contribution is 6.39. The third kappa shape index (κ3) is 3.63. The van der Waals surface area contributed by atoms with Crippen LogP contribution < -0.4 is 10.6 Å². The molecule has 0 aliphatic carbocycles. The van der Waals surface area contributed by atoms with Gasteiger partial charge in [0.25, 0.3) is 5.91 Å². The Bertz CT molecular complexity index is 951. The summed E-state index contributed by atoms with van der Waals surface area (Å²) >= 11 is 5.81. The number of nitrogens with zero attached hydrogens (tertiary/aromatic N) is 2. The molecule has 0 spiro atoms. The molecule has 7 nitrogen and oxygen atoms in total. The molecule has 1 aromatic carbocycles. The summed E-state index contributed by atoms with van der Waals surface area (Å²) in [6.07, 6.45) is 1.01. The molecule has 4 rings (SSSR count). The molecule has 3 atom stereocenters. The smallest absolute Gasteiger partial charge is 0.256 e. The number of rotatable bonds is 5. The van der Waals surface area contributed by atoms with Crippen LogP contribution in [0.15, 0.2) is 28.4 Å². The van der Waals surface area contributed by atoms with Crippen LogP contribution in [0.4, 0.5) is 8.78 Å². The Hall–Kier alpha value is -2.07. The van der Waals surface area contributed by atoms with E-state index in [4.69, 9.17) is 11.6 Å². The molecule has 0 aromatic heterocycles. The summed E-state index contributed by atoms with van der Waals surface area (Å²) in [5.74, 6) is -1.47. The van der Waals surface area contributed by atoms with Gasteiger partial charge in [0.2, 0.25) is 0 Å². The van der Waals surface area contributed by atoms with Crippen LogP contribution >= 0.6 is 11.6 Å². The van der Waals surface area contributed by atoms with Crippen LogP contribution in [0.2, 0.25) is 0 Å². The van der Waals surface area contributed by atoms with E-state index in [1.54, 1.807) is 6.92 Å². The maximum atomic E-state index is 15.8. The predicted molar refractivity (Wildman–Crippen MR) is 112 cm³/mol. The fraction of sp³-hybridized carbons (Fsp3) is 0.524. The predicted octanol–water partition coefficient (Wildman–Crippen LogP) is 2.04. The number of hydrogen-bond donors (Lipinski definition) is 4. The van der Waals surface area contributed by atoms with Crippen molar-refractivity contribution in [3.8, 4) is 0 Å². The lowest BCUT2D eigenvalue weighted by atomic mass is 9.71. The van der Waals surface area contributed by atoms with Gasteiger partial charge >= 0.3 is 0 Å². The van der Waals surface area contributed by atoms with Crippen LogP contribution in [0, 0.1) is 5.82 Å². The van der Waals surface area contributed by atoms with Gasteiger partial charge in [-0.05, 0) is 50.0 Å². The molecule has 1 fully saturated rings. The molecular weight excluding hydrogens is 430 g/mol. The number of carbonyl (C=O) groups is 1. The van der Waals surface area contributed by atoms with Gasteiger partial charge in [-0.25, -0.2) is 8.78 Å². The standard InChI is InChI=1S/C21H25ClF2N4O3/c1-2-21(31,20(24)3-5-25-6-4-20)12-7-14-17(15(23)8-12)19(30)28(18(14)29)11-16-26-9-13(22)10-27-16/h7-10,16,19,25-26,30-31H,2-6,11H2,1H3/t16?,19-,21?/m1/s1. The van der Waals surface area contributed by atoms with E-state index in [2.05, 4.69) is 15.6 Å². The van der Waals surface area contributed by atoms with Crippen LogP contribution in [0.1, 0.15) is 53.9 Å². The van der Waals surface area contributed by atoms with Gasteiger partial charge in [-0.3, -0.25) is 9.79 Å². The number of amides is 1. The molecule has 4 N–H and O–H groups in total.